The molecule has 0 fully saturated rings. The lowest BCUT2D eigenvalue weighted by Crippen LogP contribution is -2.20. The van der Waals surface area contributed by atoms with Gasteiger partial charge in [-0.05, 0) is 32.9 Å². The molecular formula is C15H21N3O3. The monoisotopic (exact) mass is 291 g/mol. The molecule has 0 bridgehead atoms. The molecule has 1 aromatic carbocycles. The molecule has 0 aliphatic heterocycles. The Bertz CT molecular complexity index is 596. The van der Waals surface area contributed by atoms with Gasteiger partial charge >= 0.3 is 0 Å². The van der Waals surface area contributed by atoms with Crippen molar-refractivity contribution in [3.05, 3.63) is 29.6 Å². The normalized spacial score (nSPS) is 12.7. The standard InChI is InChI=1S/C15H21N3O3/c1-9(2)20-8-12(16)14-17-15(21-18-14)11-7-10(3)5-6-13(11)19-4/h5-7,9,12H,8,16H2,1-4H3. The first-order valence-corrected chi connectivity index (χ1v) is 6.87. The van der Waals surface area contributed by atoms with Gasteiger partial charge in [0.2, 0.25) is 0 Å². The maximum Gasteiger partial charge on any atom is 0.261 e. The van der Waals surface area contributed by atoms with Crippen molar-refractivity contribution in [2.24, 2.45) is 5.73 Å². The summed E-state index contributed by atoms with van der Waals surface area (Å²) in [5, 5.41) is 3.93. The fraction of sp³-hybridized carbons (Fsp3) is 0.467. The number of nitrogens with zero attached hydrogens (tertiary/aromatic N) is 2. The minimum Gasteiger partial charge on any atom is -0.496 e. The number of ether oxygens (including phenoxy) is 2. The Labute approximate surface area is 124 Å². The van der Waals surface area contributed by atoms with Crippen molar-refractivity contribution in [3.8, 4) is 17.2 Å². The first-order valence-electron chi connectivity index (χ1n) is 6.87. The van der Waals surface area contributed by atoms with E-state index in [-0.39, 0.29) is 6.10 Å². The van der Waals surface area contributed by atoms with Crippen molar-refractivity contribution in [3.63, 3.8) is 0 Å². The van der Waals surface area contributed by atoms with Crippen molar-refractivity contribution >= 4 is 0 Å². The molecule has 0 amide bonds. The molecule has 0 aliphatic carbocycles. The van der Waals surface area contributed by atoms with E-state index in [1.165, 1.54) is 0 Å². The van der Waals surface area contributed by atoms with E-state index in [0.717, 1.165) is 11.1 Å². The maximum absolute atomic E-state index is 5.99. The molecule has 6 heteroatoms. The Morgan fingerprint density at radius 2 is 2.10 bits per heavy atom. The molecule has 0 saturated heterocycles. The molecule has 0 spiro atoms. The zero-order valence-corrected chi connectivity index (χ0v) is 12.8. The zero-order chi connectivity index (χ0) is 15.4. The number of nitrogens with two attached hydrogens (primary N) is 1. The van der Waals surface area contributed by atoms with Crippen LogP contribution in [0.2, 0.25) is 0 Å². The summed E-state index contributed by atoms with van der Waals surface area (Å²) >= 11 is 0. The van der Waals surface area contributed by atoms with Crippen molar-refractivity contribution in [1.82, 2.24) is 10.1 Å². The van der Waals surface area contributed by atoms with Crippen LogP contribution in [0.3, 0.4) is 0 Å². The van der Waals surface area contributed by atoms with E-state index in [0.29, 0.717) is 24.1 Å². The average Bonchev–Trinajstić information content (AvgIpc) is 2.94. The van der Waals surface area contributed by atoms with Crippen LogP contribution in [0, 0.1) is 6.92 Å². The molecular weight excluding hydrogens is 270 g/mol. The number of benzene rings is 1. The van der Waals surface area contributed by atoms with Gasteiger partial charge in [0.1, 0.15) is 5.75 Å². The van der Waals surface area contributed by atoms with Crippen LogP contribution in [0.1, 0.15) is 31.3 Å². The Morgan fingerprint density at radius 1 is 1.33 bits per heavy atom. The Balaban J connectivity index is 2.21. The van der Waals surface area contributed by atoms with E-state index in [9.17, 15) is 0 Å². The highest BCUT2D eigenvalue weighted by Gasteiger charge is 2.18. The van der Waals surface area contributed by atoms with Gasteiger partial charge < -0.3 is 19.7 Å². The summed E-state index contributed by atoms with van der Waals surface area (Å²) in [6, 6.07) is 5.35. The fourth-order valence-electron chi connectivity index (χ4n) is 1.85. The number of rotatable bonds is 6. The molecule has 2 rings (SSSR count). The Hall–Kier alpha value is -1.92. The summed E-state index contributed by atoms with van der Waals surface area (Å²) in [5.74, 6) is 1.50. The minimum atomic E-state index is -0.416. The smallest absolute Gasteiger partial charge is 0.261 e. The molecule has 2 N–H and O–H groups in total. The number of aryl methyl sites for hydroxylation is 1. The predicted molar refractivity (Wildman–Crippen MR) is 79.0 cm³/mol. The third-order valence-corrected chi connectivity index (χ3v) is 2.97. The molecule has 1 unspecified atom stereocenters. The third-order valence-electron chi connectivity index (χ3n) is 2.97. The molecule has 1 aromatic heterocycles. The SMILES string of the molecule is COc1ccc(C)cc1-c1nc(C(N)COC(C)C)no1. The summed E-state index contributed by atoms with van der Waals surface area (Å²) in [6.45, 7) is 6.24. The second-order valence-corrected chi connectivity index (χ2v) is 5.15. The molecule has 0 saturated carbocycles. The van der Waals surface area contributed by atoms with Crippen LogP contribution in [0.25, 0.3) is 11.5 Å². The quantitative estimate of drug-likeness (QED) is 0.880. The molecule has 0 radical (unpaired) electrons. The van der Waals surface area contributed by atoms with Gasteiger partial charge in [-0.2, -0.15) is 4.98 Å². The van der Waals surface area contributed by atoms with Crippen molar-refractivity contribution in [2.75, 3.05) is 13.7 Å². The van der Waals surface area contributed by atoms with Gasteiger partial charge in [0.15, 0.2) is 5.82 Å². The summed E-state index contributed by atoms with van der Waals surface area (Å²) in [6.07, 6.45) is 0.110. The van der Waals surface area contributed by atoms with Crippen LogP contribution >= 0.6 is 0 Å². The highest BCUT2D eigenvalue weighted by atomic mass is 16.5. The molecule has 114 valence electrons. The van der Waals surface area contributed by atoms with Crippen molar-refractivity contribution < 1.29 is 14.0 Å². The molecule has 21 heavy (non-hydrogen) atoms. The van der Waals surface area contributed by atoms with E-state index in [1.807, 2.05) is 39.0 Å². The van der Waals surface area contributed by atoms with Crippen molar-refractivity contribution in [1.29, 1.82) is 0 Å². The lowest BCUT2D eigenvalue weighted by atomic mass is 10.1. The third kappa shape index (κ3) is 3.80. The molecule has 0 aliphatic rings. The summed E-state index contributed by atoms with van der Waals surface area (Å²) in [4.78, 5) is 4.35. The summed E-state index contributed by atoms with van der Waals surface area (Å²) < 4.78 is 16.1. The Kier molecular flexibility index (Phi) is 4.93. The second kappa shape index (κ2) is 6.69. The molecule has 1 atom stereocenters. The van der Waals surface area contributed by atoms with E-state index in [2.05, 4.69) is 10.1 Å². The van der Waals surface area contributed by atoms with Crippen LogP contribution in [-0.4, -0.2) is 30.0 Å². The first-order chi connectivity index (χ1) is 10.0. The molecule has 1 heterocycles. The lowest BCUT2D eigenvalue weighted by molar-refractivity contribution is 0.0665. The highest BCUT2D eigenvalue weighted by molar-refractivity contribution is 5.63. The van der Waals surface area contributed by atoms with Gasteiger partial charge in [0.05, 0.1) is 31.4 Å². The lowest BCUT2D eigenvalue weighted by Gasteiger charge is -2.10. The number of methoxy groups -OCH3 is 1. The van der Waals surface area contributed by atoms with E-state index < -0.39 is 6.04 Å². The van der Waals surface area contributed by atoms with E-state index in [1.54, 1.807) is 7.11 Å². The van der Waals surface area contributed by atoms with Gasteiger partial charge in [-0.3, -0.25) is 0 Å². The van der Waals surface area contributed by atoms with Crippen LogP contribution in [0.5, 0.6) is 5.75 Å². The van der Waals surface area contributed by atoms with E-state index in [4.69, 9.17) is 19.7 Å². The summed E-state index contributed by atoms with van der Waals surface area (Å²) in [7, 11) is 1.60. The van der Waals surface area contributed by atoms with Gasteiger partial charge in [-0.15, -0.1) is 0 Å². The van der Waals surface area contributed by atoms with Crippen LogP contribution in [0.4, 0.5) is 0 Å². The largest absolute Gasteiger partial charge is 0.496 e. The molecule has 6 nitrogen and oxygen atoms in total. The van der Waals surface area contributed by atoms with E-state index >= 15 is 0 Å². The van der Waals surface area contributed by atoms with Crippen LogP contribution < -0.4 is 10.5 Å². The topological polar surface area (TPSA) is 83.4 Å². The predicted octanol–water partition coefficient (Wildman–Crippen LogP) is 2.48. The Morgan fingerprint density at radius 3 is 2.76 bits per heavy atom. The second-order valence-electron chi connectivity index (χ2n) is 5.15. The highest BCUT2D eigenvalue weighted by Crippen LogP contribution is 2.30. The van der Waals surface area contributed by atoms with Gasteiger partial charge in [0, 0.05) is 0 Å². The van der Waals surface area contributed by atoms with Gasteiger partial charge in [-0.1, -0.05) is 16.8 Å². The minimum absolute atomic E-state index is 0.110. The number of hydrogen-bond donors (Lipinski definition) is 1. The zero-order valence-electron chi connectivity index (χ0n) is 12.8. The van der Waals surface area contributed by atoms with Gasteiger partial charge in [-0.25, -0.2) is 0 Å². The van der Waals surface area contributed by atoms with Crippen molar-refractivity contribution in [2.45, 2.75) is 32.9 Å². The first kappa shape index (κ1) is 15.5. The average molecular weight is 291 g/mol. The summed E-state index contributed by atoms with van der Waals surface area (Å²) in [5.41, 5.74) is 7.83. The number of aromatic nitrogens is 2. The number of hydrogen-bond acceptors (Lipinski definition) is 6. The van der Waals surface area contributed by atoms with Crippen LogP contribution in [-0.2, 0) is 4.74 Å². The maximum atomic E-state index is 5.99. The van der Waals surface area contributed by atoms with Crippen LogP contribution in [0.15, 0.2) is 22.7 Å². The fourth-order valence-corrected chi connectivity index (χ4v) is 1.85. The van der Waals surface area contributed by atoms with Gasteiger partial charge in [0.25, 0.3) is 5.89 Å². The molecule has 2 aromatic rings.